The number of aryl methyl sites for hydroxylation is 1. The highest BCUT2D eigenvalue weighted by molar-refractivity contribution is 5.79. The van der Waals surface area contributed by atoms with E-state index in [0.717, 1.165) is 11.1 Å². The first-order valence-corrected chi connectivity index (χ1v) is 10.5. The summed E-state index contributed by atoms with van der Waals surface area (Å²) in [5, 5.41) is 2.82. The first-order chi connectivity index (χ1) is 15.0. The van der Waals surface area contributed by atoms with Crippen LogP contribution in [-0.2, 0) is 4.74 Å². The standard InChI is InChI=1S/C26H27N3O2/c1-17-14-18(15-24(27)25(17)28)8-6-7-13-29-26(30)31-16-23-21-11-4-2-9-19(21)20-10-3-5-12-22(20)23/h2-6,8-12,14-15,23H,7,13,16,27-28H2,1H3,(H,29,30). The van der Waals surface area contributed by atoms with Crippen molar-refractivity contribution in [3.8, 4) is 11.1 Å². The molecule has 0 heterocycles. The van der Waals surface area contributed by atoms with Gasteiger partial charge in [0.1, 0.15) is 6.61 Å². The van der Waals surface area contributed by atoms with Gasteiger partial charge in [-0.3, -0.25) is 0 Å². The van der Waals surface area contributed by atoms with Crippen LogP contribution in [0.4, 0.5) is 16.2 Å². The van der Waals surface area contributed by atoms with Crippen LogP contribution in [0.2, 0.25) is 0 Å². The zero-order valence-corrected chi connectivity index (χ0v) is 17.6. The number of rotatable bonds is 6. The first-order valence-electron chi connectivity index (χ1n) is 10.5. The summed E-state index contributed by atoms with van der Waals surface area (Å²) < 4.78 is 5.54. The number of nitrogens with two attached hydrogens (primary N) is 2. The van der Waals surface area contributed by atoms with Crippen LogP contribution >= 0.6 is 0 Å². The normalized spacial score (nSPS) is 12.5. The predicted octanol–water partition coefficient (Wildman–Crippen LogP) is 5.10. The molecule has 1 aliphatic rings. The van der Waals surface area contributed by atoms with Gasteiger partial charge in [-0.15, -0.1) is 0 Å². The maximum Gasteiger partial charge on any atom is 0.407 e. The van der Waals surface area contributed by atoms with E-state index in [-0.39, 0.29) is 5.92 Å². The Balaban J connectivity index is 1.28. The fraction of sp³-hybridized carbons (Fsp3) is 0.192. The summed E-state index contributed by atoms with van der Waals surface area (Å²) in [7, 11) is 0. The zero-order chi connectivity index (χ0) is 21.8. The molecule has 31 heavy (non-hydrogen) atoms. The summed E-state index contributed by atoms with van der Waals surface area (Å²) >= 11 is 0. The van der Waals surface area contributed by atoms with Crippen LogP contribution in [0.1, 0.15) is 34.6 Å². The van der Waals surface area contributed by atoms with E-state index in [4.69, 9.17) is 16.2 Å². The third kappa shape index (κ3) is 4.40. The lowest BCUT2D eigenvalue weighted by atomic mass is 9.98. The number of carbonyl (C=O) groups excluding carboxylic acids is 1. The number of fused-ring (bicyclic) bond motifs is 3. The summed E-state index contributed by atoms with van der Waals surface area (Å²) in [5.41, 5.74) is 19.8. The summed E-state index contributed by atoms with van der Waals surface area (Å²) in [6, 6.07) is 20.4. The van der Waals surface area contributed by atoms with Crippen molar-refractivity contribution in [1.29, 1.82) is 0 Å². The Bertz CT molecular complexity index is 1070. The number of anilines is 2. The molecule has 4 rings (SSSR count). The van der Waals surface area contributed by atoms with Gasteiger partial charge < -0.3 is 21.5 Å². The molecule has 1 amide bonds. The molecule has 158 valence electrons. The van der Waals surface area contributed by atoms with E-state index in [9.17, 15) is 4.79 Å². The van der Waals surface area contributed by atoms with E-state index >= 15 is 0 Å². The quantitative estimate of drug-likeness (QED) is 0.387. The van der Waals surface area contributed by atoms with Gasteiger partial charge in [0, 0.05) is 12.5 Å². The monoisotopic (exact) mass is 413 g/mol. The Morgan fingerprint density at radius 1 is 1.03 bits per heavy atom. The smallest absolute Gasteiger partial charge is 0.407 e. The molecule has 0 atom stereocenters. The third-order valence-corrected chi connectivity index (χ3v) is 5.68. The molecule has 0 bridgehead atoms. The van der Waals surface area contributed by atoms with Crippen molar-refractivity contribution in [3.05, 3.63) is 89.0 Å². The van der Waals surface area contributed by atoms with E-state index < -0.39 is 6.09 Å². The van der Waals surface area contributed by atoms with Crippen LogP contribution in [0, 0.1) is 6.92 Å². The molecule has 0 radical (unpaired) electrons. The fourth-order valence-corrected chi connectivity index (χ4v) is 4.08. The minimum absolute atomic E-state index is 0.0669. The molecule has 0 saturated heterocycles. The lowest BCUT2D eigenvalue weighted by Crippen LogP contribution is -2.26. The molecule has 0 aliphatic heterocycles. The first kappa shape index (κ1) is 20.5. The molecule has 0 unspecified atom stereocenters. The Morgan fingerprint density at radius 2 is 1.68 bits per heavy atom. The topological polar surface area (TPSA) is 90.4 Å². The number of nitrogens with one attached hydrogen (secondary N) is 1. The average molecular weight is 414 g/mol. The number of hydrogen-bond acceptors (Lipinski definition) is 4. The van der Waals surface area contributed by atoms with Crippen LogP contribution in [0.5, 0.6) is 0 Å². The molecule has 3 aromatic carbocycles. The highest BCUT2D eigenvalue weighted by atomic mass is 16.5. The van der Waals surface area contributed by atoms with Crippen molar-refractivity contribution in [3.63, 3.8) is 0 Å². The number of ether oxygens (including phenoxy) is 1. The van der Waals surface area contributed by atoms with Crippen molar-refractivity contribution in [2.24, 2.45) is 0 Å². The highest BCUT2D eigenvalue weighted by Crippen LogP contribution is 2.44. The molecular formula is C26H27N3O2. The van der Waals surface area contributed by atoms with Gasteiger partial charge in [0.25, 0.3) is 0 Å². The molecule has 5 N–H and O–H groups in total. The summed E-state index contributed by atoms with van der Waals surface area (Å²) in [6.45, 7) is 2.75. The predicted molar refractivity (Wildman–Crippen MR) is 127 cm³/mol. The van der Waals surface area contributed by atoms with Crippen LogP contribution in [0.3, 0.4) is 0 Å². The van der Waals surface area contributed by atoms with Gasteiger partial charge in [0.2, 0.25) is 0 Å². The van der Waals surface area contributed by atoms with Crippen molar-refractivity contribution in [2.45, 2.75) is 19.3 Å². The number of alkyl carbamates (subject to hydrolysis) is 1. The Labute approximate surface area is 182 Å². The second kappa shape index (κ2) is 8.96. The molecular weight excluding hydrogens is 386 g/mol. The van der Waals surface area contributed by atoms with Crippen molar-refractivity contribution in [2.75, 3.05) is 24.6 Å². The van der Waals surface area contributed by atoms with E-state index in [1.54, 1.807) is 0 Å². The maximum absolute atomic E-state index is 12.2. The van der Waals surface area contributed by atoms with Crippen molar-refractivity contribution in [1.82, 2.24) is 5.32 Å². The van der Waals surface area contributed by atoms with Crippen LogP contribution in [0.15, 0.2) is 66.7 Å². The summed E-state index contributed by atoms with van der Waals surface area (Å²) in [5.74, 6) is 0.0669. The summed E-state index contributed by atoms with van der Waals surface area (Å²) in [6.07, 6.45) is 4.26. The SMILES string of the molecule is Cc1cc(C=CCCNC(=O)OCC2c3ccccc3-c3ccccc32)cc(N)c1N. The van der Waals surface area contributed by atoms with E-state index in [2.05, 4.69) is 29.6 Å². The fourth-order valence-electron chi connectivity index (χ4n) is 4.08. The maximum atomic E-state index is 12.2. The van der Waals surface area contributed by atoms with Gasteiger partial charge in [-0.25, -0.2) is 4.79 Å². The largest absolute Gasteiger partial charge is 0.449 e. The molecule has 5 heteroatoms. The number of carbonyl (C=O) groups is 1. The molecule has 0 aromatic heterocycles. The Kier molecular flexibility index (Phi) is 5.94. The van der Waals surface area contributed by atoms with Crippen LogP contribution in [-0.4, -0.2) is 19.2 Å². The van der Waals surface area contributed by atoms with Crippen molar-refractivity contribution < 1.29 is 9.53 Å². The van der Waals surface area contributed by atoms with Gasteiger partial charge in [0.15, 0.2) is 0 Å². The molecule has 3 aromatic rings. The van der Waals surface area contributed by atoms with Crippen molar-refractivity contribution >= 4 is 23.5 Å². The Hall–Kier alpha value is -3.73. The van der Waals surface area contributed by atoms with Gasteiger partial charge in [-0.1, -0.05) is 60.7 Å². The van der Waals surface area contributed by atoms with E-state index in [1.807, 2.05) is 55.5 Å². The lowest BCUT2D eigenvalue weighted by Gasteiger charge is -2.14. The van der Waals surface area contributed by atoms with Gasteiger partial charge in [-0.05, 0) is 58.9 Å². The summed E-state index contributed by atoms with van der Waals surface area (Å²) in [4.78, 5) is 12.2. The number of benzene rings is 3. The number of amides is 1. The van der Waals surface area contributed by atoms with Gasteiger partial charge in [0.05, 0.1) is 11.4 Å². The average Bonchev–Trinajstić information content (AvgIpc) is 3.09. The highest BCUT2D eigenvalue weighted by Gasteiger charge is 2.28. The van der Waals surface area contributed by atoms with E-state index in [1.165, 1.54) is 22.3 Å². The molecule has 1 aliphatic carbocycles. The minimum atomic E-state index is -0.400. The van der Waals surface area contributed by atoms with E-state index in [0.29, 0.717) is 30.9 Å². The van der Waals surface area contributed by atoms with Crippen LogP contribution in [0.25, 0.3) is 17.2 Å². The lowest BCUT2D eigenvalue weighted by molar-refractivity contribution is 0.143. The number of hydrogen-bond donors (Lipinski definition) is 3. The Morgan fingerprint density at radius 3 is 2.32 bits per heavy atom. The molecule has 0 fully saturated rings. The second-order valence-electron chi connectivity index (χ2n) is 7.78. The zero-order valence-electron chi connectivity index (χ0n) is 17.6. The van der Waals surface area contributed by atoms with Gasteiger partial charge >= 0.3 is 6.09 Å². The molecule has 0 saturated carbocycles. The minimum Gasteiger partial charge on any atom is -0.449 e. The number of nitrogen functional groups attached to an aromatic ring is 2. The van der Waals surface area contributed by atoms with Gasteiger partial charge in [-0.2, -0.15) is 0 Å². The molecule has 5 nitrogen and oxygen atoms in total. The second-order valence-corrected chi connectivity index (χ2v) is 7.78. The van der Waals surface area contributed by atoms with Crippen LogP contribution < -0.4 is 16.8 Å². The molecule has 0 spiro atoms. The third-order valence-electron chi connectivity index (χ3n) is 5.68.